The second kappa shape index (κ2) is 6.87. The number of thiazole rings is 1. The molecule has 5 nitrogen and oxygen atoms in total. The second-order valence-electron chi connectivity index (χ2n) is 7.47. The number of hydrogen-bond donors (Lipinski definition) is 1. The van der Waals surface area contributed by atoms with Crippen molar-refractivity contribution in [1.82, 2.24) is 4.98 Å². The van der Waals surface area contributed by atoms with Crippen LogP contribution in [0.3, 0.4) is 0 Å². The van der Waals surface area contributed by atoms with Gasteiger partial charge >= 0.3 is 0 Å². The third-order valence-electron chi connectivity index (χ3n) is 5.12. The molecule has 0 aliphatic carbocycles. The maximum atomic E-state index is 12.5. The Morgan fingerprint density at radius 2 is 1.93 bits per heavy atom. The number of benzene rings is 2. The summed E-state index contributed by atoms with van der Waals surface area (Å²) in [5.41, 5.74) is 4.08. The smallest absolute Gasteiger partial charge is 0.236 e. The Morgan fingerprint density at radius 3 is 2.68 bits per heavy atom. The van der Waals surface area contributed by atoms with Gasteiger partial charge in [-0.1, -0.05) is 36.4 Å². The number of rotatable bonds is 4. The van der Waals surface area contributed by atoms with Gasteiger partial charge in [0.15, 0.2) is 5.13 Å². The minimum Gasteiger partial charge on any atom is -0.314 e. The van der Waals surface area contributed by atoms with E-state index in [9.17, 15) is 9.59 Å². The number of hydrogen-bond acceptors (Lipinski definition) is 4. The topological polar surface area (TPSA) is 62.3 Å². The highest BCUT2D eigenvalue weighted by Gasteiger charge is 2.42. The molecule has 2 heterocycles. The van der Waals surface area contributed by atoms with Gasteiger partial charge in [-0.3, -0.25) is 9.59 Å². The summed E-state index contributed by atoms with van der Waals surface area (Å²) in [4.78, 5) is 31.0. The molecule has 0 atom stereocenters. The van der Waals surface area contributed by atoms with Gasteiger partial charge in [-0.2, -0.15) is 0 Å². The maximum absolute atomic E-state index is 12.5. The molecule has 0 unspecified atom stereocenters. The summed E-state index contributed by atoms with van der Waals surface area (Å²) in [6.45, 7) is 3.88. The van der Waals surface area contributed by atoms with Crippen LogP contribution in [0.15, 0.2) is 53.9 Å². The van der Waals surface area contributed by atoms with Crippen molar-refractivity contribution in [3.63, 3.8) is 0 Å². The molecule has 0 bridgehead atoms. The Balaban J connectivity index is 1.53. The molecule has 6 heteroatoms. The zero-order chi connectivity index (χ0) is 19.9. The van der Waals surface area contributed by atoms with Gasteiger partial charge in [0.25, 0.3) is 0 Å². The summed E-state index contributed by atoms with van der Waals surface area (Å²) in [5.74, 6) is 0.00111. The van der Waals surface area contributed by atoms with Gasteiger partial charge in [-0.15, -0.1) is 11.3 Å². The molecule has 1 aromatic heterocycles. The predicted molar refractivity (Wildman–Crippen MR) is 113 cm³/mol. The molecule has 0 saturated carbocycles. The Bertz CT molecular complexity index is 1060. The van der Waals surface area contributed by atoms with E-state index in [0.29, 0.717) is 11.6 Å². The largest absolute Gasteiger partial charge is 0.314 e. The highest BCUT2D eigenvalue weighted by atomic mass is 32.1. The van der Waals surface area contributed by atoms with Gasteiger partial charge in [0, 0.05) is 23.7 Å². The zero-order valence-corrected chi connectivity index (χ0v) is 16.8. The fourth-order valence-corrected chi connectivity index (χ4v) is 4.28. The second-order valence-corrected chi connectivity index (χ2v) is 8.33. The maximum Gasteiger partial charge on any atom is 0.236 e. The molecule has 28 heavy (non-hydrogen) atoms. The van der Waals surface area contributed by atoms with Crippen molar-refractivity contribution in [3.05, 3.63) is 65.0 Å². The molecule has 2 amide bonds. The monoisotopic (exact) mass is 391 g/mol. The molecule has 2 aromatic carbocycles. The van der Waals surface area contributed by atoms with Gasteiger partial charge in [0.2, 0.25) is 11.8 Å². The lowest BCUT2D eigenvalue weighted by molar-refractivity contribution is -0.121. The van der Waals surface area contributed by atoms with E-state index in [0.717, 1.165) is 28.1 Å². The first-order valence-electron chi connectivity index (χ1n) is 9.08. The van der Waals surface area contributed by atoms with E-state index in [4.69, 9.17) is 0 Å². The fourth-order valence-electron chi connectivity index (χ4n) is 3.54. The number of nitrogens with one attached hydrogen (secondary N) is 1. The standard InChI is InChI=1S/C22H21N3O2S/c1-22(2)16-12-15(9-10-18(16)25(3)20(22)27)17-13-28-21(23-17)24-19(26)11-14-7-5-4-6-8-14/h4-10,12-13H,11H2,1-3H3,(H,23,24,26). The van der Waals surface area contributed by atoms with E-state index < -0.39 is 5.41 Å². The Hall–Kier alpha value is -2.99. The first kappa shape index (κ1) is 18.4. The van der Waals surface area contributed by atoms with E-state index in [-0.39, 0.29) is 11.8 Å². The lowest BCUT2D eigenvalue weighted by atomic mass is 9.85. The highest BCUT2D eigenvalue weighted by Crippen LogP contribution is 2.42. The molecule has 142 valence electrons. The lowest BCUT2D eigenvalue weighted by Crippen LogP contribution is -2.33. The molecule has 0 fully saturated rings. The molecule has 1 N–H and O–H groups in total. The predicted octanol–water partition coefficient (Wildman–Crippen LogP) is 4.25. The molecule has 0 spiro atoms. The molecule has 0 radical (unpaired) electrons. The summed E-state index contributed by atoms with van der Waals surface area (Å²) in [7, 11) is 1.80. The SMILES string of the molecule is CN1C(=O)C(C)(C)c2cc(-c3csc(NC(=O)Cc4ccccc4)n3)ccc21. The van der Waals surface area contributed by atoms with Crippen molar-refractivity contribution in [3.8, 4) is 11.3 Å². The third kappa shape index (κ3) is 3.20. The van der Waals surface area contributed by atoms with E-state index >= 15 is 0 Å². The number of aromatic nitrogens is 1. The first-order valence-corrected chi connectivity index (χ1v) is 9.96. The van der Waals surface area contributed by atoms with Gasteiger partial charge in [-0.25, -0.2) is 4.98 Å². The van der Waals surface area contributed by atoms with E-state index in [1.165, 1.54) is 11.3 Å². The van der Waals surface area contributed by atoms with Gasteiger partial charge in [0.1, 0.15) is 0 Å². The Labute approximate surface area is 168 Å². The number of fused-ring (bicyclic) bond motifs is 1. The van der Waals surface area contributed by atoms with E-state index in [2.05, 4.69) is 10.3 Å². The van der Waals surface area contributed by atoms with Gasteiger partial charge in [-0.05, 0) is 37.1 Å². The number of likely N-dealkylation sites (N-methyl/N-ethyl adjacent to an activating group) is 1. The Kier molecular flexibility index (Phi) is 4.51. The quantitative estimate of drug-likeness (QED) is 0.723. The van der Waals surface area contributed by atoms with E-state index in [1.54, 1.807) is 11.9 Å². The zero-order valence-electron chi connectivity index (χ0n) is 16.0. The molecular formula is C22H21N3O2S. The molecule has 1 aliphatic rings. The number of carbonyl (C=O) groups excluding carboxylic acids is 2. The minimum absolute atomic E-state index is 0.0885. The average Bonchev–Trinajstić information content (AvgIpc) is 3.20. The molecule has 0 saturated heterocycles. The van der Waals surface area contributed by atoms with Gasteiger partial charge < -0.3 is 10.2 Å². The summed E-state index contributed by atoms with van der Waals surface area (Å²) in [6.07, 6.45) is 0.317. The van der Waals surface area contributed by atoms with Crippen LogP contribution in [0, 0.1) is 0 Å². The van der Waals surface area contributed by atoms with Gasteiger partial charge in [0.05, 0.1) is 17.5 Å². The van der Waals surface area contributed by atoms with Crippen LogP contribution in [0.25, 0.3) is 11.3 Å². The lowest BCUT2D eigenvalue weighted by Gasteiger charge is -2.16. The summed E-state index contributed by atoms with van der Waals surface area (Å²) in [5, 5.41) is 5.37. The molecule has 1 aliphatic heterocycles. The normalized spacial score (nSPS) is 14.8. The van der Waals surface area contributed by atoms with Crippen molar-refractivity contribution in [2.24, 2.45) is 0 Å². The fraction of sp³-hybridized carbons (Fsp3) is 0.227. The number of carbonyl (C=O) groups is 2. The third-order valence-corrected chi connectivity index (χ3v) is 5.88. The Morgan fingerprint density at radius 1 is 1.18 bits per heavy atom. The van der Waals surface area contributed by atoms with Crippen LogP contribution in [0.5, 0.6) is 0 Å². The van der Waals surface area contributed by atoms with Crippen LogP contribution in [-0.4, -0.2) is 23.8 Å². The number of amides is 2. The molecular weight excluding hydrogens is 370 g/mol. The molecule has 4 rings (SSSR count). The summed E-state index contributed by atoms with van der Waals surface area (Å²) >= 11 is 1.40. The van der Waals surface area contributed by atoms with Crippen LogP contribution in [0.4, 0.5) is 10.8 Å². The van der Waals surface area contributed by atoms with E-state index in [1.807, 2.05) is 67.8 Å². The van der Waals surface area contributed by atoms with Crippen LogP contribution in [-0.2, 0) is 21.4 Å². The first-order chi connectivity index (χ1) is 13.4. The summed E-state index contributed by atoms with van der Waals surface area (Å²) < 4.78 is 0. The minimum atomic E-state index is -0.553. The van der Waals surface area contributed by atoms with Crippen molar-refractivity contribution >= 4 is 34.0 Å². The van der Waals surface area contributed by atoms with Crippen LogP contribution in [0.1, 0.15) is 25.0 Å². The van der Waals surface area contributed by atoms with Crippen molar-refractivity contribution < 1.29 is 9.59 Å². The summed E-state index contributed by atoms with van der Waals surface area (Å²) in [6, 6.07) is 15.6. The van der Waals surface area contributed by atoms with Crippen LogP contribution < -0.4 is 10.2 Å². The van der Waals surface area contributed by atoms with Crippen LogP contribution >= 0.6 is 11.3 Å². The number of nitrogens with zero attached hydrogens (tertiary/aromatic N) is 2. The van der Waals surface area contributed by atoms with Crippen molar-refractivity contribution in [2.45, 2.75) is 25.7 Å². The van der Waals surface area contributed by atoms with Crippen LogP contribution in [0.2, 0.25) is 0 Å². The number of anilines is 2. The molecule has 3 aromatic rings. The van der Waals surface area contributed by atoms with Crippen molar-refractivity contribution in [2.75, 3.05) is 17.3 Å². The highest BCUT2D eigenvalue weighted by molar-refractivity contribution is 7.14. The van der Waals surface area contributed by atoms with Crippen molar-refractivity contribution in [1.29, 1.82) is 0 Å². The average molecular weight is 391 g/mol.